The summed E-state index contributed by atoms with van der Waals surface area (Å²) in [5, 5.41) is 21.1. The second-order valence-corrected chi connectivity index (χ2v) is 8.14. The van der Waals surface area contributed by atoms with Crippen LogP contribution in [0.15, 0.2) is 24.5 Å². The molecule has 0 saturated carbocycles. The van der Waals surface area contributed by atoms with E-state index in [1.54, 1.807) is 6.20 Å². The van der Waals surface area contributed by atoms with E-state index in [-0.39, 0.29) is 18.1 Å². The first-order valence-electron chi connectivity index (χ1n) is 11.6. The van der Waals surface area contributed by atoms with Crippen molar-refractivity contribution in [3.05, 3.63) is 30.1 Å². The topological polar surface area (TPSA) is 78.2 Å². The maximum Gasteiger partial charge on any atom is 0.187 e. The molecule has 0 aliphatic carbocycles. The van der Waals surface area contributed by atoms with Crippen molar-refractivity contribution in [1.29, 1.82) is 5.41 Å². The number of hydrogen-bond acceptors (Lipinski definition) is 5. The van der Waals surface area contributed by atoms with Crippen LogP contribution in [0.3, 0.4) is 0 Å². The molecule has 1 aliphatic heterocycles. The van der Waals surface area contributed by atoms with Crippen molar-refractivity contribution >= 4 is 5.90 Å². The molecule has 1 aromatic heterocycles. The Bertz CT molecular complexity index is 520. The third-order valence-corrected chi connectivity index (χ3v) is 5.71. The molecule has 1 atom stereocenters. The molecule has 5 nitrogen and oxygen atoms in total. The molecule has 1 saturated heterocycles. The lowest BCUT2D eigenvalue weighted by Gasteiger charge is -2.38. The minimum Gasteiger partial charge on any atom is -0.475 e. The van der Waals surface area contributed by atoms with E-state index in [0.717, 1.165) is 37.9 Å². The van der Waals surface area contributed by atoms with Crippen molar-refractivity contribution in [3.63, 3.8) is 0 Å². The summed E-state index contributed by atoms with van der Waals surface area (Å²) in [6.45, 7) is 8.21. The molecule has 1 unspecified atom stereocenters. The normalized spacial score (nSPS) is 16.4. The zero-order valence-electron chi connectivity index (χ0n) is 18.9. The van der Waals surface area contributed by atoms with Crippen LogP contribution in [-0.2, 0) is 11.2 Å². The first-order valence-corrected chi connectivity index (χ1v) is 11.6. The van der Waals surface area contributed by atoms with Crippen molar-refractivity contribution in [3.8, 4) is 0 Å². The number of aliphatic hydroxyl groups excluding tert-OH is 1. The van der Waals surface area contributed by atoms with Crippen molar-refractivity contribution in [2.75, 3.05) is 19.7 Å². The van der Waals surface area contributed by atoms with Gasteiger partial charge in [-0.05, 0) is 50.4 Å². The van der Waals surface area contributed by atoms with E-state index in [0.29, 0.717) is 12.3 Å². The van der Waals surface area contributed by atoms with Crippen LogP contribution in [-0.4, -0.2) is 41.8 Å². The SMILES string of the molecule is CCC(CO)OC(=N)C1(Cc2cccnc2)CCNCC1.CCCCCCCC. The van der Waals surface area contributed by atoms with Gasteiger partial charge in [0.2, 0.25) is 0 Å². The van der Waals surface area contributed by atoms with E-state index in [2.05, 4.69) is 24.1 Å². The summed E-state index contributed by atoms with van der Waals surface area (Å²) in [5.74, 6) is 0.314. The van der Waals surface area contributed by atoms with E-state index in [1.165, 1.54) is 38.5 Å². The minimum absolute atomic E-state index is 0.0416. The number of unbranched alkanes of at least 4 members (excludes halogenated alkanes) is 5. The monoisotopic (exact) mass is 405 g/mol. The maximum atomic E-state index is 9.30. The molecule has 0 amide bonds. The highest BCUT2D eigenvalue weighted by atomic mass is 16.5. The highest BCUT2D eigenvalue weighted by molar-refractivity contribution is 5.80. The lowest BCUT2D eigenvalue weighted by molar-refractivity contribution is 0.0783. The van der Waals surface area contributed by atoms with Gasteiger partial charge in [-0.15, -0.1) is 0 Å². The molecule has 0 bridgehead atoms. The van der Waals surface area contributed by atoms with Gasteiger partial charge in [-0.3, -0.25) is 10.4 Å². The van der Waals surface area contributed by atoms with Crippen LogP contribution in [0.25, 0.3) is 0 Å². The second-order valence-electron chi connectivity index (χ2n) is 8.14. The van der Waals surface area contributed by atoms with Gasteiger partial charge in [0.25, 0.3) is 0 Å². The second kappa shape index (κ2) is 15.4. The van der Waals surface area contributed by atoms with Crippen molar-refractivity contribution in [2.24, 2.45) is 5.41 Å². The third kappa shape index (κ3) is 9.72. The number of aliphatic hydroxyl groups is 1. The van der Waals surface area contributed by atoms with Gasteiger partial charge in [0.05, 0.1) is 12.0 Å². The molecule has 0 radical (unpaired) electrons. The Balaban J connectivity index is 0.000000447. The molecule has 2 rings (SSSR count). The molecule has 0 aromatic carbocycles. The zero-order valence-corrected chi connectivity index (χ0v) is 18.9. The van der Waals surface area contributed by atoms with Gasteiger partial charge in [-0.2, -0.15) is 0 Å². The summed E-state index contributed by atoms with van der Waals surface area (Å²) in [4.78, 5) is 4.17. The van der Waals surface area contributed by atoms with Gasteiger partial charge in [0.1, 0.15) is 6.10 Å². The third-order valence-electron chi connectivity index (χ3n) is 5.71. The molecule has 2 heterocycles. The molecule has 0 spiro atoms. The molecule has 3 N–H and O–H groups in total. The number of pyridine rings is 1. The Labute approximate surface area is 178 Å². The lowest BCUT2D eigenvalue weighted by atomic mass is 9.74. The number of nitrogens with zero attached hydrogens (tertiary/aromatic N) is 1. The van der Waals surface area contributed by atoms with Gasteiger partial charge < -0.3 is 15.2 Å². The van der Waals surface area contributed by atoms with Crippen LogP contribution in [0.4, 0.5) is 0 Å². The van der Waals surface area contributed by atoms with E-state index in [4.69, 9.17) is 10.1 Å². The smallest absolute Gasteiger partial charge is 0.187 e. The Hall–Kier alpha value is -1.46. The van der Waals surface area contributed by atoms with Crippen molar-refractivity contribution in [1.82, 2.24) is 10.3 Å². The molecular weight excluding hydrogens is 362 g/mol. The highest BCUT2D eigenvalue weighted by Crippen LogP contribution is 2.35. The number of piperidine rings is 1. The summed E-state index contributed by atoms with van der Waals surface area (Å²) < 4.78 is 5.75. The number of aromatic nitrogens is 1. The number of ether oxygens (including phenoxy) is 1. The fourth-order valence-electron chi connectivity index (χ4n) is 3.68. The summed E-state index contributed by atoms with van der Waals surface area (Å²) in [5.41, 5.74) is 0.849. The Morgan fingerprint density at radius 3 is 2.31 bits per heavy atom. The van der Waals surface area contributed by atoms with Gasteiger partial charge in [0, 0.05) is 12.4 Å². The number of hydrogen-bond donors (Lipinski definition) is 3. The molecule has 1 fully saturated rings. The molecule has 1 aromatic rings. The van der Waals surface area contributed by atoms with Crippen LogP contribution in [0.5, 0.6) is 0 Å². The average Bonchev–Trinajstić information content (AvgIpc) is 2.76. The fraction of sp³-hybridized carbons (Fsp3) is 0.750. The number of rotatable bonds is 11. The quantitative estimate of drug-likeness (QED) is 0.271. The summed E-state index contributed by atoms with van der Waals surface area (Å²) >= 11 is 0. The highest BCUT2D eigenvalue weighted by Gasteiger charge is 2.39. The van der Waals surface area contributed by atoms with E-state index >= 15 is 0 Å². The van der Waals surface area contributed by atoms with Gasteiger partial charge >= 0.3 is 0 Å². The van der Waals surface area contributed by atoms with E-state index in [1.807, 2.05) is 25.3 Å². The van der Waals surface area contributed by atoms with E-state index in [9.17, 15) is 5.11 Å². The van der Waals surface area contributed by atoms with Gasteiger partial charge in [0.15, 0.2) is 5.90 Å². The molecule has 166 valence electrons. The predicted molar refractivity (Wildman–Crippen MR) is 122 cm³/mol. The van der Waals surface area contributed by atoms with E-state index < -0.39 is 0 Å². The first kappa shape index (κ1) is 25.6. The first-order chi connectivity index (χ1) is 14.1. The van der Waals surface area contributed by atoms with Crippen molar-refractivity contribution < 1.29 is 9.84 Å². The van der Waals surface area contributed by atoms with Crippen LogP contribution in [0.2, 0.25) is 0 Å². The zero-order chi connectivity index (χ0) is 21.4. The number of nitrogens with one attached hydrogen (secondary N) is 2. The summed E-state index contributed by atoms with van der Waals surface area (Å²) in [6, 6.07) is 3.98. The molecular formula is C24H43N3O2. The Kier molecular flexibility index (Phi) is 13.6. The van der Waals surface area contributed by atoms with Gasteiger partial charge in [-0.1, -0.05) is 65.4 Å². The lowest BCUT2D eigenvalue weighted by Crippen LogP contribution is -2.45. The average molecular weight is 406 g/mol. The largest absolute Gasteiger partial charge is 0.475 e. The standard InChI is InChI=1S/C16H25N3O2.C8H18/c1-2-14(12-20)21-15(17)16(5-8-18-9-6-16)10-13-4-3-7-19-11-13;1-3-5-7-8-6-4-2/h3-4,7,11,14,17-18,20H,2,5-6,8-10,12H2,1H3;3-8H2,1-2H3. The van der Waals surface area contributed by atoms with Crippen LogP contribution in [0.1, 0.15) is 84.1 Å². The van der Waals surface area contributed by atoms with Gasteiger partial charge in [-0.25, -0.2) is 0 Å². The Morgan fingerprint density at radius 1 is 1.17 bits per heavy atom. The van der Waals surface area contributed by atoms with Crippen LogP contribution >= 0.6 is 0 Å². The van der Waals surface area contributed by atoms with Crippen LogP contribution < -0.4 is 5.32 Å². The molecule has 29 heavy (non-hydrogen) atoms. The summed E-state index contributed by atoms with van der Waals surface area (Å²) in [6.07, 6.45) is 15.1. The fourth-order valence-corrected chi connectivity index (χ4v) is 3.68. The summed E-state index contributed by atoms with van der Waals surface area (Å²) in [7, 11) is 0. The van der Waals surface area contributed by atoms with Crippen molar-refractivity contribution in [2.45, 2.75) is 91.1 Å². The maximum absolute atomic E-state index is 9.30. The Morgan fingerprint density at radius 2 is 1.83 bits per heavy atom. The molecule has 1 aliphatic rings. The molecule has 5 heteroatoms. The predicted octanol–water partition coefficient (Wildman–Crippen LogP) is 5.13. The van der Waals surface area contributed by atoms with Crippen LogP contribution in [0, 0.1) is 10.8 Å². The minimum atomic E-state index is -0.281.